The zero-order chi connectivity index (χ0) is 59.9. The fourth-order valence-corrected chi connectivity index (χ4v) is 10.4. The van der Waals surface area contributed by atoms with E-state index < -0.39 is 28.7 Å². The average molecular weight is 1200 g/mol. The van der Waals surface area contributed by atoms with Crippen molar-refractivity contribution >= 4 is 60.4 Å². The zero-order valence-corrected chi connectivity index (χ0v) is 49.8. The first-order chi connectivity index (χ1) is 40.4. The van der Waals surface area contributed by atoms with Gasteiger partial charge in [-0.25, -0.2) is 4.79 Å². The lowest BCUT2D eigenvalue weighted by Gasteiger charge is -2.27. The number of hydrogen-bond acceptors (Lipinski definition) is 12. The van der Waals surface area contributed by atoms with Crippen molar-refractivity contribution in [3.8, 4) is 11.5 Å². The standard InChI is InChI=1S/C23H29N3O4.C22H19N3O3.C21H25BrN2O2/c1-23(2,3)30-22(27)25-14-21(26(28)15-16-8-6-5-7-9-16)19-13-24-20-12-17(29-4)10-11-18(19)20;26-24(15-16-6-2-1-3-7-16)22(17-10-12-18(13-11-17)25(27)28)20-14-23-21-9-5-4-8-19(20)21;1-14(2)10-21(19-12-23-20-9-6-16(22)11-18(19)20)24(25)13-15-4-7-17(26-3)8-5-15/h5-13,21,24,28H,14-15H2,1-4H3,(H,25,27);1-14,22-23,26H,15H2;4-9,11-12,14,21,23,25H,10,13H2,1-3H3. The molecule has 3 heterocycles. The molecular formula is C66H73BrN8O9. The van der Waals surface area contributed by atoms with E-state index in [1.807, 2.05) is 173 Å². The van der Waals surface area contributed by atoms with Gasteiger partial charge in [-0.05, 0) is 115 Å². The summed E-state index contributed by atoms with van der Waals surface area (Å²) in [5, 5.41) is 53.7. The van der Waals surface area contributed by atoms with Crippen molar-refractivity contribution in [2.45, 2.75) is 84.4 Å². The molecule has 0 fully saturated rings. The van der Waals surface area contributed by atoms with Crippen LogP contribution in [0.25, 0.3) is 32.7 Å². The van der Waals surface area contributed by atoms with E-state index in [2.05, 4.69) is 62.2 Å². The largest absolute Gasteiger partial charge is 0.497 e. The summed E-state index contributed by atoms with van der Waals surface area (Å²) in [6, 6.07) is 52.2. The number of halogens is 1. The molecule has 18 heteroatoms. The summed E-state index contributed by atoms with van der Waals surface area (Å²) >= 11 is 3.55. The molecule has 10 aromatic rings. The van der Waals surface area contributed by atoms with E-state index in [1.165, 1.54) is 27.3 Å². The lowest BCUT2D eigenvalue weighted by Crippen LogP contribution is -2.39. The third-order valence-corrected chi connectivity index (χ3v) is 14.6. The molecule has 0 aliphatic rings. The molecule has 0 aliphatic carbocycles. The third kappa shape index (κ3) is 16.5. The molecule has 0 saturated heterocycles. The van der Waals surface area contributed by atoms with E-state index in [-0.39, 0.29) is 18.3 Å². The van der Waals surface area contributed by atoms with Crippen LogP contribution in [0.5, 0.6) is 11.5 Å². The van der Waals surface area contributed by atoms with Crippen LogP contribution in [-0.2, 0) is 24.4 Å². The molecule has 7 N–H and O–H groups in total. The van der Waals surface area contributed by atoms with Crippen LogP contribution < -0.4 is 14.8 Å². The van der Waals surface area contributed by atoms with Gasteiger partial charge in [0.05, 0.1) is 37.3 Å². The van der Waals surface area contributed by atoms with Crippen LogP contribution in [-0.4, -0.2) is 83.1 Å². The van der Waals surface area contributed by atoms with Crippen molar-refractivity contribution in [1.82, 2.24) is 35.5 Å². The Labute approximate surface area is 497 Å². The number of nitrogens with one attached hydrogen (secondary N) is 4. The Kier molecular flexibility index (Phi) is 21.1. The number of para-hydroxylation sites is 1. The zero-order valence-electron chi connectivity index (χ0n) is 48.2. The van der Waals surface area contributed by atoms with E-state index in [9.17, 15) is 30.5 Å². The lowest BCUT2D eigenvalue weighted by atomic mass is 9.96. The smallest absolute Gasteiger partial charge is 0.407 e. The second-order valence-electron chi connectivity index (χ2n) is 21.8. The Morgan fingerprint density at radius 2 is 1.11 bits per heavy atom. The minimum absolute atomic E-state index is 0.0222. The Morgan fingerprint density at radius 3 is 1.70 bits per heavy atom. The summed E-state index contributed by atoms with van der Waals surface area (Å²) in [7, 11) is 3.27. The number of ether oxygens (including phenoxy) is 3. The minimum atomic E-state index is -0.597. The van der Waals surface area contributed by atoms with Gasteiger partial charge < -0.3 is 50.1 Å². The minimum Gasteiger partial charge on any atom is -0.497 e. The Balaban J connectivity index is 0.000000165. The molecule has 438 valence electrons. The number of benzene rings is 7. The van der Waals surface area contributed by atoms with E-state index in [4.69, 9.17) is 14.2 Å². The van der Waals surface area contributed by atoms with Gasteiger partial charge in [0.1, 0.15) is 17.1 Å². The van der Waals surface area contributed by atoms with E-state index in [0.717, 1.165) is 94.0 Å². The maximum Gasteiger partial charge on any atom is 0.407 e. The number of hydrogen-bond donors (Lipinski definition) is 7. The van der Waals surface area contributed by atoms with E-state index in [1.54, 1.807) is 26.4 Å². The molecule has 0 spiro atoms. The van der Waals surface area contributed by atoms with Crippen LogP contribution in [0.1, 0.15) is 98.1 Å². The van der Waals surface area contributed by atoms with E-state index in [0.29, 0.717) is 25.6 Å². The van der Waals surface area contributed by atoms with Crippen LogP contribution in [0, 0.1) is 16.0 Å². The average Bonchev–Trinajstić information content (AvgIpc) is 2.58. The number of aromatic nitrogens is 3. The number of H-pyrrole nitrogens is 3. The van der Waals surface area contributed by atoms with Crippen molar-refractivity contribution in [2.24, 2.45) is 5.92 Å². The normalized spacial score (nSPS) is 12.7. The molecular weight excluding hydrogens is 1130 g/mol. The molecule has 0 aliphatic heterocycles. The van der Waals surface area contributed by atoms with Gasteiger partial charge in [-0.2, -0.15) is 15.2 Å². The van der Waals surface area contributed by atoms with Gasteiger partial charge in [0.15, 0.2) is 0 Å². The lowest BCUT2D eigenvalue weighted by molar-refractivity contribution is -0.384. The number of aromatic amines is 3. The molecule has 84 heavy (non-hydrogen) atoms. The quantitative estimate of drug-likeness (QED) is 0.0280. The highest BCUT2D eigenvalue weighted by molar-refractivity contribution is 9.10. The topological polar surface area (TPSA) is 218 Å². The Hall–Kier alpha value is -8.33. The number of alkyl carbamates (subject to hydrolysis) is 1. The van der Waals surface area contributed by atoms with Gasteiger partial charge in [0.25, 0.3) is 5.69 Å². The number of fused-ring (bicyclic) bond motifs is 3. The summed E-state index contributed by atoms with van der Waals surface area (Å²) < 4.78 is 16.9. The van der Waals surface area contributed by atoms with Crippen molar-refractivity contribution < 1.29 is 39.6 Å². The summed E-state index contributed by atoms with van der Waals surface area (Å²) in [5.41, 5.74) is 8.99. The molecule has 0 bridgehead atoms. The Morgan fingerprint density at radius 1 is 0.595 bits per heavy atom. The predicted octanol–water partition coefficient (Wildman–Crippen LogP) is 15.6. The van der Waals surface area contributed by atoms with Gasteiger partial charge >= 0.3 is 6.09 Å². The van der Waals surface area contributed by atoms with Crippen LogP contribution in [0.3, 0.4) is 0 Å². The van der Waals surface area contributed by atoms with Crippen molar-refractivity contribution in [3.63, 3.8) is 0 Å². The fraction of sp³-hybridized carbons (Fsp3) is 0.258. The summed E-state index contributed by atoms with van der Waals surface area (Å²) in [4.78, 5) is 32.6. The van der Waals surface area contributed by atoms with Gasteiger partial charge in [-0.1, -0.05) is 133 Å². The number of carbonyl (C=O) groups excluding carboxylic acids is 1. The highest BCUT2D eigenvalue weighted by atomic mass is 79.9. The van der Waals surface area contributed by atoms with Crippen LogP contribution in [0.2, 0.25) is 0 Å². The van der Waals surface area contributed by atoms with Crippen molar-refractivity contribution in [3.05, 3.63) is 242 Å². The molecule has 0 radical (unpaired) electrons. The maximum atomic E-state index is 12.2. The first kappa shape index (κ1) is 61.7. The Bertz CT molecular complexity index is 3700. The number of rotatable bonds is 20. The number of amides is 1. The summed E-state index contributed by atoms with van der Waals surface area (Å²) in [5.74, 6) is 2.02. The molecule has 7 aromatic carbocycles. The molecule has 3 unspecified atom stereocenters. The van der Waals surface area contributed by atoms with Crippen LogP contribution in [0.15, 0.2) is 193 Å². The highest BCUT2D eigenvalue weighted by Gasteiger charge is 2.28. The maximum absolute atomic E-state index is 12.2. The monoisotopic (exact) mass is 1200 g/mol. The van der Waals surface area contributed by atoms with Crippen LogP contribution >= 0.6 is 15.9 Å². The fourth-order valence-electron chi connectivity index (χ4n) is 10.0. The number of nitro groups is 1. The number of methoxy groups -OCH3 is 2. The number of nitrogens with zero attached hydrogens (tertiary/aromatic N) is 4. The van der Waals surface area contributed by atoms with Gasteiger partial charge in [-0.15, -0.1) is 0 Å². The van der Waals surface area contributed by atoms with Crippen molar-refractivity contribution in [1.29, 1.82) is 0 Å². The second kappa shape index (κ2) is 28.8. The number of non-ortho nitro benzene ring substituents is 1. The predicted molar refractivity (Wildman–Crippen MR) is 331 cm³/mol. The van der Waals surface area contributed by atoms with E-state index >= 15 is 0 Å². The highest BCUT2D eigenvalue weighted by Crippen LogP contribution is 2.37. The third-order valence-electron chi connectivity index (χ3n) is 14.1. The van der Waals surface area contributed by atoms with Crippen LogP contribution in [0.4, 0.5) is 10.5 Å². The first-order valence-corrected chi connectivity index (χ1v) is 28.4. The molecule has 0 saturated carbocycles. The van der Waals surface area contributed by atoms with Gasteiger partial charge in [0.2, 0.25) is 0 Å². The summed E-state index contributed by atoms with van der Waals surface area (Å²) in [6.45, 7) is 11.1. The molecule has 3 aromatic heterocycles. The number of hydroxylamine groups is 6. The first-order valence-electron chi connectivity index (χ1n) is 27.6. The number of nitro benzene ring substituents is 1. The van der Waals surface area contributed by atoms with Gasteiger partial charge in [0, 0.05) is 106 Å². The molecule has 10 rings (SSSR count). The number of carbonyl (C=O) groups is 1. The SMILES string of the molecule is COc1ccc(CN(O)C(CC(C)C)c2c[nH]c3ccc(Br)cc23)cc1.COc1ccc2c(C(CNC(=O)OC(C)(C)C)N(O)Cc3ccccc3)c[nH]c2c1.O=[N+]([O-])c1ccc(C(c2c[nH]c3ccccc23)N(O)Cc2ccccc2)cc1. The molecule has 17 nitrogen and oxygen atoms in total. The second-order valence-corrected chi connectivity index (χ2v) is 22.7. The van der Waals surface area contributed by atoms with Crippen molar-refractivity contribution in [2.75, 3.05) is 20.8 Å². The summed E-state index contributed by atoms with van der Waals surface area (Å²) in [6.07, 6.45) is 6.08. The molecule has 1 amide bonds. The van der Waals surface area contributed by atoms with Gasteiger partial charge in [-0.3, -0.25) is 10.1 Å². The molecule has 3 atom stereocenters.